The van der Waals surface area contributed by atoms with E-state index in [0.717, 1.165) is 12.8 Å². The van der Waals surface area contributed by atoms with Crippen molar-refractivity contribution in [1.82, 2.24) is 0 Å². The van der Waals surface area contributed by atoms with Crippen molar-refractivity contribution in [3.63, 3.8) is 0 Å². The monoisotopic (exact) mass is 202 g/mol. The van der Waals surface area contributed by atoms with Crippen LogP contribution in [-0.4, -0.2) is 16.7 Å². The molecule has 0 unspecified atom stereocenters. The van der Waals surface area contributed by atoms with Gasteiger partial charge < -0.3 is 5.11 Å². The van der Waals surface area contributed by atoms with E-state index in [1.807, 2.05) is 6.92 Å². The van der Waals surface area contributed by atoms with Crippen LogP contribution < -0.4 is 0 Å². The van der Waals surface area contributed by atoms with Crippen LogP contribution in [0.4, 0.5) is 4.39 Å². The van der Waals surface area contributed by atoms with Crippen molar-refractivity contribution in [2.24, 2.45) is 5.92 Å². The van der Waals surface area contributed by atoms with Gasteiger partial charge in [-0.05, 0) is 32.1 Å². The lowest BCUT2D eigenvalue weighted by molar-refractivity contribution is -0.143. The third-order valence-electron chi connectivity index (χ3n) is 3.21. The van der Waals surface area contributed by atoms with E-state index in [1.54, 1.807) is 0 Å². The van der Waals surface area contributed by atoms with Crippen LogP contribution in [0.2, 0.25) is 0 Å². The maximum absolute atomic E-state index is 14.0. The number of halogens is 1. The van der Waals surface area contributed by atoms with Crippen molar-refractivity contribution in [2.45, 2.75) is 57.5 Å². The molecule has 0 aliphatic heterocycles. The topological polar surface area (TPSA) is 37.3 Å². The lowest BCUT2D eigenvalue weighted by atomic mass is 9.77. The minimum atomic E-state index is -1.07. The Morgan fingerprint density at radius 2 is 2.07 bits per heavy atom. The van der Waals surface area contributed by atoms with Gasteiger partial charge in [0.2, 0.25) is 0 Å². The number of carboxylic acid groups (broad SMARTS) is 1. The molecule has 0 bridgehead atoms. The Hall–Kier alpha value is -0.600. The third kappa shape index (κ3) is 2.96. The molecule has 1 rings (SSSR count). The molecule has 0 amide bonds. The van der Waals surface area contributed by atoms with Crippen LogP contribution in [0.1, 0.15) is 51.9 Å². The van der Waals surface area contributed by atoms with E-state index in [0.29, 0.717) is 32.1 Å². The van der Waals surface area contributed by atoms with Gasteiger partial charge in [0.1, 0.15) is 5.67 Å². The summed E-state index contributed by atoms with van der Waals surface area (Å²) in [5, 5.41) is 8.76. The van der Waals surface area contributed by atoms with Crippen molar-refractivity contribution in [3.05, 3.63) is 0 Å². The molecule has 1 saturated carbocycles. The van der Waals surface area contributed by atoms with Crippen LogP contribution in [0.25, 0.3) is 0 Å². The zero-order valence-electron chi connectivity index (χ0n) is 8.76. The summed E-state index contributed by atoms with van der Waals surface area (Å²) in [4.78, 5) is 10.7. The maximum atomic E-state index is 14.0. The second-order valence-electron chi connectivity index (χ2n) is 4.37. The number of rotatable bonds is 4. The largest absolute Gasteiger partial charge is 0.481 e. The van der Waals surface area contributed by atoms with Crippen molar-refractivity contribution in [1.29, 1.82) is 0 Å². The molecule has 0 aromatic carbocycles. The molecule has 0 atom stereocenters. The van der Waals surface area contributed by atoms with E-state index >= 15 is 0 Å². The highest BCUT2D eigenvalue weighted by molar-refractivity contribution is 5.70. The minimum Gasteiger partial charge on any atom is -0.481 e. The van der Waals surface area contributed by atoms with Gasteiger partial charge in [-0.25, -0.2) is 4.39 Å². The van der Waals surface area contributed by atoms with Gasteiger partial charge >= 0.3 is 5.97 Å². The molecule has 1 aliphatic rings. The number of unbranched alkanes of at least 4 members (excludes halogenated alkanes) is 1. The average molecular weight is 202 g/mol. The Morgan fingerprint density at radius 1 is 1.50 bits per heavy atom. The van der Waals surface area contributed by atoms with Crippen LogP contribution in [0.5, 0.6) is 0 Å². The minimum absolute atomic E-state index is 0.305. The Morgan fingerprint density at radius 3 is 2.50 bits per heavy atom. The second kappa shape index (κ2) is 4.76. The first-order valence-corrected chi connectivity index (χ1v) is 5.49. The normalized spacial score (nSPS) is 32.9. The van der Waals surface area contributed by atoms with Gasteiger partial charge in [0.15, 0.2) is 0 Å². The summed E-state index contributed by atoms with van der Waals surface area (Å²) in [6, 6.07) is 0. The lowest BCUT2D eigenvalue weighted by Gasteiger charge is -2.32. The number of carbonyl (C=O) groups is 1. The average Bonchev–Trinajstić information content (AvgIpc) is 2.16. The van der Waals surface area contributed by atoms with E-state index in [2.05, 4.69) is 0 Å². The van der Waals surface area contributed by atoms with E-state index in [4.69, 9.17) is 5.11 Å². The van der Waals surface area contributed by atoms with Crippen molar-refractivity contribution >= 4 is 5.97 Å². The zero-order chi connectivity index (χ0) is 10.6. The molecule has 0 radical (unpaired) electrons. The molecular weight excluding hydrogens is 183 g/mol. The smallest absolute Gasteiger partial charge is 0.306 e. The van der Waals surface area contributed by atoms with Crippen molar-refractivity contribution in [3.8, 4) is 0 Å². The van der Waals surface area contributed by atoms with Crippen LogP contribution in [-0.2, 0) is 4.79 Å². The van der Waals surface area contributed by atoms with Crippen molar-refractivity contribution in [2.75, 3.05) is 0 Å². The highest BCUT2D eigenvalue weighted by Crippen LogP contribution is 2.38. The predicted octanol–water partition coefficient (Wildman–Crippen LogP) is 3.16. The van der Waals surface area contributed by atoms with E-state index in [-0.39, 0.29) is 5.92 Å². The standard InChI is InChI=1S/C11H19FO2/c1-2-3-6-11(12)7-4-9(5-8-11)10(13)14/h9H,2-8H2,1H3,(H,13,14). The van der Waals surface area contributed by atoms with Gasteiger partial charge in [-0.2, -0.15) is 0 Å². The quantitative estimate of drug-likeness (QED) is 0.760. The SMILES string of the molecule is CCCCC1(F)CCC(C(=O)O)CC1. The second-order valence-corrected chi connectivity index (χ2v) is 4.37. The summed E-state index contributed by atoms with van der Waals surface area (Å²) < 4.78 is 14.0. The van der Waals surface area contributed by atoms with Gasteiger partial charge in [0.25, 0.3) is 0 Å². The van der Waals surface area contributed by atoms with Crippen molar-refractivity contribution < 1.29 is 14.3 Å². The number of alkyl halides is 1. The zero-order valence-corrected chi connectivity index (χ0v) is 8.76. The summed E-state index contributed by atoms with van der Waals surface area (Å²) in [7, 11) is 0. The fourth-order valence-electron chi connectivity index (χ4n) is 2.13. The first-order valence-electron chi connectivity index (χ1n) is 5.49. The summed E-state index contributed by atoms with van der Waals surface area (Å²) >= 11 is 0. The molecule has 3 heteroatoms. The van der Waals surface area contributed by atoms with E-state index < -0.39 is 11.6 Å². The third-order valence-corrected chi connectivity index (χ3v) is 3.21. The Bertz CT molecular complexity index is 195. The molecule has 2 nitrogen and oxygen atoms in total. The lowest BCUT2D eigenvalue weighted by Crippen LogP contribution is -2.32. The summed E-state index contributed by atoms with van der Waals surface area (Å²) in [6.07, 6.45) is 4.41. The highest BCUT2D eigenvalue weighted by Gasteiger charge is 2.36. The highest BCUT2D eigenvalue weighted by atomic mass is 19.1. The molecule has 0 spiro atoms. The van der Waals surface area contributed by atoms with Gasteiger partial charge in [0.05, 0.1) is 5.92 Å². The first kappa shape index (κ1) is 11.5. The molecular formula is C11H19FO2. The molecule has 14 heavy (non-hydrogen) atoms. The molecule has 82 valence electrons. The summed E-state index contributed by atoms with van der Waals surface area (Å²) in [5.41, 5.74) is -1.07. The number of hydrogen-bond donors (Lipinski definition) is 1. The fraction of sp³-hybridized carbons (Fsp3) is 0.909. The van der Waals surface area contributed by atoms with Gasteiger partial charge in [-0.15, -0.1) is 0 Å². The number of carboxylic acids is 1. The fourth-order valence-corrected chi connectivity index (χ4v) is 2.13. The molecule has 0 aromatic heterocycles. The van der Waals surface area contributed by atoms with Gasteiger partial charge in [-0.3, -0.25) is 4.79 Å². The van der Waals surface area contributed by atoms with E-state index in [9.17, 15) is 9.18 Å². The van der Waals surface area contributed by atoms with Crippen LogP contribution in [0.3, 0.4) is 0 Å². The molecule has 0 heterocycles. The molecule has 1 fully saturated rings. The molecule has 0 aromatic rings. The summed E-state index contributed by atoms with van der Waals surface area (Å²) in [6.45, 7) is 2.05. The number of hydrogen-bond acceptors (Lipinski definition) is 1. The number of aliphatic carboxylic acids is 1. The maximum Gasteiger partial charge on any atom is 0.306 e. The molecule has 1 N–H and O–H groups in total. The van der Waals surface area contributed by atoms with Crippen LogP contribution in [0, 0.1) is 5.92 Å². The van der Waals surface area contributed by atoms with E-state index in [1.165, 1.54) is 0 Å². The first-order chi connectivity index (χ1) is 6.57. The Balaban J connectivity index is 2.36. The van der Waals surface area contributed by atoms with Gasteiger partial charge in [-0.1, -0.05) is 19.8 Å². The van der Waals surface area contributed by atoms with Gasteiger partial charge in [0, 0.05) is 0 Å². The summed E-state index contributed by atoms with van der Waals surface area (Å²) in [5.74, 6) is -1.07. The molecule has 1 aliphatic carbocycles. The molecule has 0 saturated heterocycles. The predicted molar refractivity (Wildman–Crippen MR) is 53.0 cm³/mol. The van der Waals surface area contributed by atoms with Crippen LogP contribution >= 0.6 is 0 Å². The Kier molecular flexibility index (Phi) is 3.90. The van der Waals surface area contributed by atoms with Crippen LogP contribution in [0.15, 0.2) is 0 Å². The Labute approximate surface area is 84.5 Å².